The number of nitrogens with zero attached hydrogens (tertiary/aromatic N) is 2. The molecule has 1 N–H and O–H groups in total. The van der Waals surface area contributed by atoms with Gasteiger partial charge in [-0.25, -0.2) is 4.72 Å². The Morgan fingerprint density at radius 2 is 1.95 bits per heavy atom. The van der Waals surface area contributed by atoms with E-state index in [1.54, 1.807) is 13.2 Å². The first kappa shape index (κ1) is 27.0. The summed E-state index contributed by atoms with van der Waals surface area (Å²) in [5.74, 6) is 0.946. The van der Waals surface area contributed by atoms with Crippen molar-refractivity contribution in [3.05, 3.63) is 69.8 Å². The van der Waals surface area contributed by atoms with Gasteiger partial charge >= 0.3 is 10.2 Å². The molecule has 1 saturated heterocycles. The molecular formula is C32H36ClN3O5S. The lowest BCUT2D eigenvalue weighted by Gasteiger charge is -2.55. The first-order chi connectivity index (χ1) is 20.2. The number of ether oxygens (including phenoxy) is 2. The van der Waals surface area contributed by atoms with Crippen LogP contribution in [0.25, 0.3) is 0 Å². The molecule has 2 spiro atoms. The highest BCUT2D eigenvalue weighted by Gasteiger charge is 2.54. The number of carbonyl (C=O) groups excluding carboxylic acids is 1. The molecule has 0 aromatic heterocycles. The van der Waals surface area contributed by atoms with Crippen LogP contribution in [0.1, 0.15) is 53.6 Å². The standard InChI is InChI=1S/C32H36ClN3O5S/c1-40-29-23-13-31(14-23)16-36(17-31)42(38,39)34-30(37)21-5-9-28-27(12-21)35(15-22-4-7-25(22)29)18-32(19-41-28)10-2-3-20-11-24(33)6-8-26(20)32/h5-6,8-9,11-13,22,25,29H,2-4,7,10,14-19H2,1H3,(H,34,37)/t22-,25+,29-,32-/m0/s1. The number of fused-ring (bicyclic) bond motifs is 2. The minimum atomic E-state index is -3.95. The highest BCUT2D eigenvalue weighted by Crippen LogP contribution is 2.53. The molecule has 8 aliphatic rings. The summed E-state index contributed by atoms with van der Waals surface area (Å²) in [5, 5.41) is 0.753. The second kappa shape index (κ2) is 9.45. The van der Waals surface area contributed by atoms with E-state index in [0.717, 1.165) is 68.1 Å². The Morgan fingerprint density at radius 1 is 1.12 bits per heavy atom. The first-order valence-corrected chi connectivity index (χ1v) is 16.9. The summed E-state index contributed by atoms with van der Waals surface area (Å²) in [6.07, 6.45) is 8.42. The molecule has 5 bridgehead atoms. The van der Waals surface area contributed by atoms with Gasteiger partial charge in [-0.15, -0.1) is 0 Å². The van der Waals surface area contributed by atoms with Gasteiger partial charge in [-0.3, -0.25) is 4.79 Å². The number of methoxy groups -OCH3 is 1. The summed E-state index contributed by atoms with van der Waals surface area (Å²) in [5.41, 5.74) is 4.66. The van der Waals surface area contributed by atoms with Crippen LogP contribution >= 0.6 is 11.6 Å². The minimum Gasteiger partial charge on any atom is -0.490 e. The van der Waals surface area contributed by atoms with Crippen molar-refractivity contribution in [2.45, 2.75) is 50.0 Å². The van der Waals surface area contributed by atoms with Crippen LogP contribution in [0, 0.1) is 17.3 Å². The lowest BCUT2D eigenvalue weighted by atomic mass is 9.60. The van der Waals surface area contributed by atoms with Crippen LogP contribution in [0.5, 0.6) is 5.75 Å². The van der Waals surface area contributed by atoms with Gasteiger partial charge in [-0.2, -0.15) is 12.7 Å². The monoisotopic (exact) mass is 609 g/mol. The minimum absolute atomic E-state index is 0.0492. The van der Waals surface area contributed by atoms with Crippen molar-refractivity contribution in [2.24, 2.45) is 17.3 Å². The quantitative estimate of drug-likeness (QED) is 0.480. The fourth-order valence-corrected chi connectivity index (χ4v) is 10.1. The second-order valence-corrected chi connectivity index (χ2v) is 15.5. The lowest BCUT2D eigenvalue weighted by molar-refractivity contribution is -0.0124. The number of amides is 1. The molecule has 1 saturated carbocycles. The van der Waals surface area contributed by atoms with Gasteiger partial charge in [0.1, 0.15) is 5.75 Å². The van der Waals surface area contributed by atoms with E-state index < -0.39 is 16.1 Å². The van der Waals surface area contributed by atoms with Crippen LogP contribution in [0.2, 0.25) is 5.02 Å². The average molecular weight is 610 g/mol. The summed E-state index contributed by atoms with van der Waals surface area (Å²) in [6.45, 7) is 2.89. The number of carbonyl (C=O) groups is 1. The molecule has 10 heteroatoms. The van der Waals surface area contributed by atoms with Crippen molar-refractivity contribution < 1.29 is 22.7 Å². The third-order valence-electron chi connectivity index (χ3n) is 10.8. The molecule has 42 heavy (non-hydrogen) atoms. The molecule has 10 rings (SSSR count). The van der Waals surface area contributed by atoms with Crippen LogP contribution < -0.4 is 14.4 Å². The number of benzene rings is 2. The summed E-state index contributed by atoms with van der Waals surface area (Å²) in [7, 11) is -2.14. The van der Waals surface area contributed by atoms with Gasteiger partial charge in [0.25, 0.3) is 5.91 Å². The van der Waals surface area contributed by atoms with Gasteiger partial charge < -0.3 is 14.4 Å². The van der Waals surface area contributed by atoms with E-state index in [0.29, 0.717) is 37.1 Å². The van der Waals surface area contributed by atoms with Gasteiger partial charge in [0.05, 0.1) is 18.4 Å². The second-order valence-electron chi connectivity index (χ2n) is 13.4. The molecule has 4 atom stereocenters. The van der Waals surface area contributed by atoms with E-state index in [-0.39, 0.29) is 16.9 Å². The van der Waals surface area contributed by atoms with Crippen molar-refractivity contribution in [1.29, 1.82) is 0 Å². The number of hydrogen-bond donors (Lipinski definition) is 1. The molecule has 0 unspecified atom stereocenters. The van der Waals surface area contributed by atoms with Crippen LogP contribution in [-0.4, -0.2) is 64.6 Å². The topological polar surface area (TPSA) is 88.2 Å². The third kappa shape index (κ3) is 4.14. The highest BCUT2D eigenvalue weighted by atomic mass is 35.5. The zero-order chi connectivity index (χ0) is 28.9. The van der Waals surface area contributed by atoms with Crippen molar-refractivity contribution in [3.63, 3.8) is 0 Å². The Bertz CT molecular complexity index is 1620. The summed E-state index contributed by atoms with van der Waals surface area (Å²) in [4.78, 5) is 15.7. The third-order valence-corrected chi connectivity index (χ3v) is 12.4. The Morgan fingerprint density at radius 3 is 2.71 bits per heavy atom. The van der Waals surface area contributed by atoms with E-state index in [4.69, 9.17) is 21.1 Å². The molecule has 2 aromatic rings. The smallest absolute Gasteiger partial charge is 0.304 e. The maximum absolute atomic E-state index is 13.3. The van der Waals surface area contributed by atoms with Gasteiger partial charge in [-0.1, -0.05) is 23.7 Å². The normalized spacial score (nSPS) is 36.0. The number of rotatable bonds is 1. The zero-order valence-corrected chi connectivity index (χ0v) is 25.3. The maximum atomic E-state index is 13.3. The summed E-state index contributed by atoms with van der Waals surface area (Å²) in [6, 6.07) is 11.6. The van der Waals surface area contributed by atoms with Crippen LogP contribution in [0.4, 0.5) is 5.69 Å². The Hall–Kier alpha value is -2.59. The molecule has 1 amide bonds. The van der Waals surface area contributed by atoms with Gasteiger partial charge in [-0.05, 0) is 97.4 Å². The Balaban J connectivity index is 1.21. The molecular weight excluding hydrogens is 574 g/mol. The van der Waals surface area contributed by atoms with E-state index in [2.05, 4.69) is 27.8 Å². The predicted molar refractivity (Wildman–Crippen MR) is 160 cm³/mol. The Labute approximate surface area is 252 Å². The summed E-state index contributed by atoms with van der Waals surface area (Å²) < 4.78 is 42.6. The number of hydrogen-bond acceptors (Lipinski definition) is 6. The maximum Gasteiger partial charge on any atom is 0.304 e. The average Bonchev–Trinajstić information content (AvgIpc) is 3.04. The van der Waals surface area contributed by atoms with Crippen molar-refractivity contribution in [1.82, 2.24) is 9.03 Å². The first-order valence-electron chi connectivity index (χ1n) is 15.1. The lowest BCUT2D eigenvalue weighted by Crippen LogP contribution is -2.63. The molecule has 5 heterocycles. The predicted octanol–water partition coefficient (Wildman–Crippen LogP) is 4.47. The molecule has 2 fully saturated rings. The van der Waals surface area contributed by atoms with Crippen LogP contribution in [0.3, 0.4) is 0 Å². The highest BCUT2D eigenvalue weighted by molar-refractivity contribution is 7.87. The van der Waals surface area contributed by atoms with Gasteiger partial charge in [0, 0.05) is 54.7 Å². The van der Waals surface area contributed by atoms with Crippen LogP contribution in [-0.2, 0) is 26.8 Å². The molecule has 3 aliphatic carbocycles. The molecule has 5 aliphatic heterocycles. The molecule has 0 radical (unpaired) electrons. The van der Waals surface area contributed by atoms with Crippen molar-refractivity contribution in [2.75, 3.05) is 44.8 Å². The fourth-order valence-electron chi connectivity index (χ4n) is 8.58. The summed E-state index contributed by atoms with van der Waals surface area (Å²) >= 11 is 6.41. The van der Waals surface area contributed by atoms with E-state index in [9.17, 15) is 13.2 Å². The van der Waals surface area contributed by atoms with Crippen LogP contribution in [0.15, 0.2) is 48.0 Å². The number of nitrogens with one attached hydrogen (secondary N) is 1. The Kier molecular flexibility index (Phi) is 6.08. The van der Waals surface area contributed by atoms with Crippen molar-refractivity contribution in [3.8, 4) is 5.75 Å². The van der Waals surface area contributed by atoms with E-state index in [1.807, 2.05) is 18.2 Å². The zero-order valence-electron chi connectivity index (χ0n) is 23.8. The molecule has 222 valence electrons. The largest absolute Gasteiger partial charge is 0.490 e. The number of halogens is 1. The van der Waals surface area contributed by atoms with E-state index in [1.165, 1.54) is 21.0 Å². The SMILES string of the molecule is CO[C@H]1C2=CC3(C2)CN(C3)S(=O)(=O)NC(=O)c2ccc3c(c2)N(C[C@@H]2CC[C@H]21)C[C@@]1(CCCc2cc(Cl)ccc21)CO3. The van der Waals surface area contributed by atoms with Gasteiger partial charge in [0.15, 0.2) is 0 Å². The number of aryl methyl sites for hydroxylation is 1. The fraction of sp³-hybridized carbons (Fsp3) is 0.531. The molecule has 8 nitrogen and oxygen atoms in total. The van der Waals surface area contributed by atoms with Gasteiger partial charge in [0.2, 0.25) is 0 Å². The van der Waals surface area contributed by atoms with E-state index >= 15 is 0 Å². The van der Waals surface area contributed by atoms with Crippen molar-refractivity contribution >= 4 is 33.4 Å². The number of anilines is 1. The molecule has 2 aromatic carbocycles.